The number of halogens is 2. The summed E-state index contributed by atoms with van der Waals surface area (Å²) in [6.45, 7) is 6.86. The van der Waals surface area contributed by atoms with Crippen molar-refractivity contribution in [2.75, 3.05) is 0 Å². The Hall–Kier alpha value is -2.44. The summed E-state index contributed by atoms with van der Waals surface area (Å²) in [5.74, 6) is 0. The van der Waals surface area contributed by atoms with E-state index in [1.54, 1.807) is 5.56 Å². The monoisotopic (exact) mass is 640 g/mol. The zero-order valence-corrected chi connectivity index (χ0v) is 27.5. The second-order valence-electron chi connectivity index (χ2n) is 9.73. The molecule has 0 amide bonds. The van der Waals surface area contributed by atoms with Crippen molar-refractivity contribution < 1.29 is 51.0 Å². The van der Waals surface area contributed by atoms with Crippen molar-refractivity contribution in [3.63, 3.8) is 0 Å². The Morgan fingerprint density at radius 2 is 1.32 bits per heavy atom. The standard InChI is InChI=1S/C24H25.C13H11.2ClH.Zr/c1-4-16-12-9-13-19-15-22-21(18-10-7-8-11-18)14-17(5-2)20(6-3)24(22)23(16)19;1-3-7-12(8-4-1)11-13-9-5-2-6-10-13;;;/h7-10,12-15H,4-6,11H2,1-3H3;1-11H;2*1H;/q2*-1;;;+4/p-2. The summed E-state index contributed by atoms with van der Waals surface area (Å²) in [5.41, 5.74) is 9.95. The van der Waals surface area contributed by atoms with Crippen molar-refractivity contribution in [1.29, 1.82) is 0 Å². The fourth-order valence-corrected chi connectivity index (χ4v) is 5.65. The van der Waals surface area contributed by atoms with E-state index in [2.05, 4.69) is 124 Å². The number of hydrogen-bond donors (Lipinski definition) is 0. The quantitative estimate of drug-likeness (QED) is 0.246. The number of allylic oxidation sites excluding steroid dienone is 4. The third-order valence-corrected chi connectivity index (χ3v) is 7.47. The van der Waals surface area contributed by atoms with E-state index in [9.17, 15) is 0 Å². The summed E-state index contributed by atoms with van der Waals surface area (Å²) in [6, 6.07) is 32.4. The van der Waals surface area contributed by atoms with E-state index < -0.39 is 0 Å². The molecule has 0 nitrogen and oxygen atoms in total. The molecule has 0 radical (unpaired) electrons. The maximum absolute atomic E-state index is 2.46. The first-order valence-corrected chi connectivity index (χ1v) is 13.7. The molecule has 0 spiro atoms. The molecule has 0 aromatic heterocycles. The van der Waals surface area contributed by atoms with E-state index in [4.69, 9.17) is 0 Å². The van der Waals surface area contributed by atoms with E-state index in [1.807, 2.05) is 12.1 Å². The van der Waals surface area contributed by atoms with Gasteiger partial charge in [-0.1, -0.05) is 121 Å². The van der Waals surface area contributed by atoms with Crippen LogP contribution in [0.1, 0.15) is 60.6 Å². The van der Waals surface area contributed by atoms with Gasteiger partial charge in [0, 0.05) is 0 Å². The van der Waals surface area contributed by atoms with Gasteiger partial charge in [0.05, 0.1) is 0 Å². The fourth-order valence-electron chi connectivity index (χ4n) is 5.65. The molecule has 0 bridgehead atoms. The molecular formula is C37H36Cl2Zr. The van der Waals surface area contributed by atoms with Gasteiger partial charge in [-0.2, -0.15) is 0 Å². The van der Waals surface area contributed by atoms with Crippen LogP contribution in [-0.2, 0) is 45.5 Å². The maximum atomic E-state index is 2.46. The SMILES string of the molecule is CCc1cc(C2=CC=CC2)c2[cH-]c3cccc(CC)c3c2c1CC.[Cl-].[Cl-].[Zr+4].c1ccc([CH-]c2ccccc2)cc1. The zero-order chi connectivity index (χ0) is 25.6. The molecule has 0 aliphatic heterocycles. The molecule has 0 fully saturated rings. The van der Waals surface area contributed by atoms with Crippen molar-refractivity contribution in [2.45, 2.75) is 46.5 Å². The first kappa shape index (κ1) is 33.8. The third kappa shape index (κ3) is 7.25. The number of benzene rings is 4. The van der Waals surface area contributed by atoms with Crippen molar-refractivity contribution in [3.8, 4) is 0 Å². The van der Waals surface area contributed by atoms with Gasteiger partial charge in [-0.05, 0) is 25.7 Å². The van der Waals surface area contributed by atoms with Crippen LogP contribution in [0.3, 0.4) is 0 Å². The first-order valence-electron chi connectivity index (χ1n) is 13.7. The molecule has 40 heavy (non-hydrogen) atoms. The molecule has 1 aliphatic rings. The van der Waals surface area contributed by atoms with Gasteiger partial charge in [-0.3, -0.25) is 0 Å². The molecule has 3 heteroatoms. The van der Waals surface area contributed by atoms with E-state index in [-0.39, 0.29) is 51.0 Å². The largest absolute Gasteiger partial charge is 4.00 e. The van der Waals surface area contributed by atoms with Crippen molar-refractivity contribution in [2.24, 2.45) is 0 Å². The van der Waals surface area contributed by atoms with Crippen molar-refractivity contribution in [1.82, 2.24) is 0 Å². The predicted molar refractivity (Wildman–Crippen MR) is 162 cm³/mol. The molecule has 202 valence electrons. The average Bonchev–Trinajstić information content (AvgIpc) is 3.62. The summed E-state index contributed by atoms with van der Waals surface area (Å²) >= 11 is 0. The molecule has 5 aromatic rings. The van der Waals surface area contributed by atoms with Gasteiger partial charge in [-0.15, -0.1) is 75.5 Å². The Morgan fingerprint density at radius 1 is 0.700 bits per heavy atom. The average molecular weight is 643 g/mol. The normalized spacial score (nSPS) is 11.5. The van der Waals surface area contributed by atoms with Gasteiger partial charge in [-0.25, -0.2) is 0 Å². The van der Waals surface area contributed by atoms with Crippen LogP contribution in [-0.4, -0.2) is 0 Å². The molecule has 0 unspecified atom stereocenters. The van der Waals surface area contributed by atoms with Gasteiger partial charge in [0.1, 0.15) is 0 Å². The molecule has 0 heterocycles. The van der Waals surface area contributed by atoms with E-state index in [0.717, 1.165) is 25.7 Å². The second kappa shape index (κ2) is 16.1. The summed E-state index contributed by atoms with van der Waals surface area (Å²) in [5, 5.41) is 5.87. The van der Waals surface area contributed by atoms with Gasteiger partial charge < -0.3 is 24.8 Å². The Morgan fingerprint density at radius 3 is 1.85 bits per heavy atom. The molecule has 0 N–H and O–H groups in total. The topological polar surface area (TPSA) is 0 Å². The van der Waals surface area contributed by atoms with Crippen molar-refractivity contribution >= 4 is 27.1 Å². The van der Waals surface area contributed by atoms with Crippen LogP contribution in [0.4, 0.5) is 0 Å². The van der Waals surface area contributed by atoms with Gasteiger partial charge >= 0.3 is 26.2 Å². The van der Waals surface area contributed by atoms with Gasteiger partial charge in [0.25, 0.3) is 0 Å². The van der Waals surface area contributed by atoms with Gasteiger partial charge in [0.2, 0.25) is 0 Å². The number of rotatable bonds is 6. The number of fused-ring (bicyclic) bond motifs is 3. The molecule has 0 atom stereocenters. The zero-order valence-electron chi connectivity index (χ0n) is 23.6. The molecule has 0 saturated heterocycles. The Labute approximate surface area is 271 Å². The molecule has 5 aromatic carbocycles. The van der Waals surface area contributed by atoms with Crippen LogP contribution in [0.5, 0.6) is 0 Å². The fraction of sp³-hybridized carbons (Fsp3) is 0.189. The van der Waals surface area contributed by atoms with E-state index >= 15 is 0 Å². The second-order valence-corrected chi connectivity index (χ2v) is 9.73. The Balaban J connectivity index is 0.000000301. The van der Waals surface area contributed by atoms with Crippen LogP contribution in [0.25, 0.3) is 27.1 Å². The minimum absolute atomic E-state index is 0. The molecular weight excluding hydrogens is 607 g/mol. The Bertz CT molecular complexity index is 1520. The van der Waals surface area contributed by atoms with Crippen LogP contribution < -0.4 is 24.8 Å². The summed E-state index contributed by atoms with van der Waals surface area (Å²) in [6.07, 6.45) is 13.3. The first-order chi connectivity index (χ1) is 18.2. The van der Waals surface area contributed by atoms with Crippen molar-refractivity contribution in [3.05, 3.63) is 149 Å². The maximum Gasteiger partial charge on any atom is 4.00 e. The molecule has 0 saturated carbocycles. The van der Waals surface area contributed by atoms with Crippen LogP contribution >= 0.6 is 0 Å². The minimum Gasteiger partial charge on any atom is -1.00 e. The van der Waals surface area contributed by atoms with E-state index in [0.29, 0.717) is 0 Å². The molecule has 1 aliphatic carbocycles. The predicted octanol–water partition coefficient (Wildman–Crippen LogP) is 4.04. The number of hydrogen-bond acceptors (Lipinski definition) is 0. The molecule has 6 rings (SSSR count). The van der Waals surface area contributed by atoms with Crippen LogP contribution in [0.2, 0.25) is 0 Å². The third-order valence-electron chi connectivity index (χ3n) is 7.47. The van der Waals surface area contributed by atoms with Crippen LogP contribution in [0, 0.1) is 6.42 Å². The summed E-state index contributed by atoms with van der Waals surface area (Å²) < 4.78 is 0. The van der Waals surface area contributed by atoms with E-state index in [1.165, 1.54) is 54.9 Å². The van der Waals surface area contributed by atoms with Crippen LogP contribution in [0.15, 0.2) is 109 Å². The minimum atomic E-state index is 0. The van der Waals surface area contributed by atoms with Gasteiger partial charge in [0.15, 0.2) is 0 Å². The summed E-state index contributed by atoms with van der Waals surface area (Å²) in [7, 11) is 0. The smallest absolute Gasteiger partial charge is 1.00 e. The summed E-state index contributed by atoms with van der Waals surface area (Å²) in [4.78, 5) is 0. The Kier molecular flexibility index (Phi) is 13.6. The number of aryl methyl sites for hydroxylation is 3.